The summed E-state index contributed by atoms with van der Waals surface area (Å²) in [5, 5.41) is 0. The summed E-state index contributed by atoms with van der Waals surface area (Å²) < 4.78 is 20.2. The minimum absolute atomic E-state index is 0.326. The van der Waals surface area contributed by atoms with E-state index in [9.17, 15) is 4.39 Å². The van der Waals surface area contributed by atoms with Crippen LogP contribution in [0.2, 0.25) is 0 Å². The number of nitrogens with two attached hydrogens (primary N) is 1. The highest BCUT2D eigenvalue weighted by atomic mass is 79.9. The summed E-state index contributed by atoms with van der Waals surface area (Å²) in [6.07, 6.45) is 0. The molecular weight excluding hydrogens is 365 g/mol. The van der Waals surface area contributed by atoms with E-state index in [1.54, 1.807) is 0 Å². The largest absolute Gasteiger partial charge is 0.487 e. The molecule has 2 N–H and O–H groups in total. The lowest BCUT2D eigenvalue weighted by Crippen LogP contribution is -2.00. The highest BCUT2D eigenvalue weighted by molar-refractivity contribution is 9.10. The Morgan fingerprint density at radius 3 is 2.56 bits per heavy atom. The fourth-order valence-corrected chi connectivity index (χ4v) is 2.20. The Kier molecular flexibility index (Phi) is 4.24. The van der Waals surface area contributed by atoms with Gasteiger partial charge in [-0.3, -0.25) is 0 Å². The van der Waals surface area contributed by atoms with Crippen molar-refractivity contribution >= 4 is 37.5 Å². The Bertz CT molecular complexity index is 575. The number of halogens is 3. The smallest absolute Gasteiger partial charge is 0.145 e. The highest BCUT2D eigenvalue weighted by Crippen LogP contribution is 2.29. The van der Waals surface area contributed by atoms with Crippen LogP contribution in [0.3, 0.4) is 0 Å². The summed E-state index contributed by atoms with van der Waals surface area (Å²) in [5.74, 6) is -0.0576. The number of anilines is 1. The van der Waals surface area contributed by atoms with Gasteiger partial charge < -0.3 is 10.5 Å². The van der Waals surface area contributed by atoms with Gasteiger partial charge in [-0.05, 0) is 28.1 Å². The van der Waals surface area contributed by atoms with E-state index < -0.39 is 5.82 Å². The average molecular weight is 375 g/mol. The lowest BCUT2D eigenvalue weighted by Gasteiger charge is -2.10. The van der Waals surface area contributed by atoms with Crippen LogP contribution in [0.15, 0.2) is 45.3 Å². The Morgan fingerprint density at radius 2 is 1.83 bits per heavy atom. The maximum absolute atomic E-state index is 13.4. The van der Waals surface area contributed by atoms with Crippen LogP contribution < -0.4 is 10.5 Å². The van der Waals surface area contributed by atoms with E-state index in [4.69, 9.17) is 10.5 Å². The lowest BCUT2D eigenvalue weighted by molar-refractivity contribution is 0.305. The molecule has 0 bridgehead atoms. The maximum atomic E-state index is 13.4. The van der Waals surface area contributed by atoms with Gasteiger partial charge in [-0.1, -0.05) is 34.1 Å². The molecule has 0 spiro atoms. The summed E-state index contributed by atoms with van der Waals surface area (Å²) in [6.45, 7) is 0.326. The van der Waals surface area contributed by atoms with Crippen molar-refractivity contribution in [2.45, 2.75) is 6.61 Å². The third kappa shape index (κ3) is 3.03. The number of benzene rings is 2. The van der Waals surface area contributed by atoms with Gasteiger partial charge in [0.25, 0.3) is 0 Å². The molecule has 0 aliphatic heterocycles. The predicted octanol–water partition coefficient (Wildman–Crippen LogP) is 4.51. The fourth-order valence-electron chi connectivity index (χ4n) is 1.44. The highest BCUT2D eigenvalue weighted by Gasteiger charge is 2.08. The third-order valence-electron chi connectivity index (χ3n) is 2.39. The summed E-state index contributed by atoms with van der Waals surface area (Å²) >= 11 is 6.49. The molecule has 0 atom stereocenters. The van der Waals surface area contributed by atoms with Crippen molar-refractivity contribution < 1.29 is 9.13 Å². The maximum Gasteiger partial charge on any atom is 0.145 e. The predicted molar refractivity (Wildman–Crippen MR) is 77.0 cm³/mol. The topological polar surface area (TPSA) is 35.2 Å². The van der Waals surface area contributed by atoms with E-state index in [0.717, 1.165) is 10.0 Å². The SMILES string of the molecule is Nc1cc(Br)c(F)cc1OCc1ccccc1Br. The molecular formula is C13H10Br2FNO. The van der Waals surface area contributed by atoms with Gasteiger partial charge in [-0.2, -0.15) is 0 Å². The summed E-state index contributed by atoms with van der Waals surface area (Å²) in [7, 11) is 0. The Hall–Kier alpha value is -1.07. The minimum atomic E-state index is -0.397. The zero-order chi connectivity index (χ0) is 13.1. The van der Waals surface area contributed by atoms with Crippen molar-refractivity contribution in [3.05, 3.63) is 56.7 Å². The zero-order valence-electron chi connectivity index (χ0n) is 9.29. The van der Waals surface area contributed by atoms with Crippen LogP contribution >= 0.6 is 31.9 Å². The van der Waals surface area contributed by atoms with Crippen LogP contribution in [0, 0.1) is 5.82 Å². The molecule has 0 radical (unpaired) electrons. The van der Waals surface area contributed by atoms with Crippen LogP contribution in [-0.4, -0.2) is 0 Å². The standard InChI is InChI=1S/C13H10Br2FNO/c14-9-4-2-1-3-8(9)7-18-13-6-11(16)10(15)5-12(13)17/h1-6H,7,17H2. The first-order valence-corrected chi connectivity index (χ1v) is 6.77. The van der Waals surface area contributed by atoms with Crippen LogP contribution in [-0.2, 0) is 6.61 Å². The molecule has 2 aromatic carbocycles. The molecule has 2 nitrogen and oxygen atoms in total. The fraction of sp³-hybridized carbons (Fsp3) is 0.0769. The zero-order valence-corrected chi connectivity index (χ0v) is 12.5. The van der Waals surface area contributed by atoms with Crippen molar-refractivity contribution in [3.8, 4) is 5.75 Å². The lowest BCUT2D eigenvalue weighted by atomic mass is 10.2. The molecule has 18 heavy (non-hydrogen) atoms. The van der Waals surface area contributed by atoms with Gasteiger partial charge in [-0.15, -0.1) is 0 Å². The van der Waals surface area contributed by atoms with Crippen molar-refractivity contribution in [1.82, 2.24) is 0 Å². The van der Waals surface area contributed by atoms with Crippen LogP contribution in [0.25, 0.3) is 0 Å². The quantitative estimate of drug-likeness (QED) is 0.802. The second-order valence-electron chi connectivity index (χ2n) is 3.68. The second-order valence-corrected chi connectivity index (χ2v) is 5.39. The number of rotatable bonds is 3. The molecule has 0 fully saturated rings. The molecule has 0 unspecified atom stereocenters. The molecule has 5 heteroatoms. The van der Waals surface area contributed by atoms with Gasteiger partial charge in [-0.25, -0.2) is 4.39 Å². The molecule has 94 valence electrons. The molecule has 2 rings (SSSR count). The molecule has 0 saturated heterocycles. The molecule has 0 saturated carbocycles. The second kappa shape index (κ2) is 5.71. The summed E-state index contributed by atoms with van der Waals surface area (Å²) in [4.78, 5) is 0. The Balaban J connectivity index is 2.16. The monoisotopic (exact) mass is 373 g/mol. The molecule has 0 aliphatic rings. The van der Waals surface area contributed by atoms with E-state index in [1.165, 1.54) is 12.1 Å². The molecule has 0 heterocycles. The Labute approximate surface area is 121 Å². The van der Waals surface area contributed by atoms with Crippen LogP contribution in [0.5, 0.6) is 5.75 Å². The van der Waals surface area contributed by atoms with Gasteiger partial charge in [0.2, 0.25) is 0 Å². The van der Waals surface area contributed by atoms with Crippen molar-refractivity contribution in [1.29, 1.82) is 0 Å². The van der Waals surface area contributed by atoms with E-state index in [0.29, 0.717) is 22.5 Å². The van der Waals surface area contributed by atoms with Crippen LogP contribution in [0.4, 0.5) is 10.1 Å². The van der Waals surface area contributed by atoms with Gasteiger partial charge in [0.15, 0.2) is 0 Å². The van der Waals surface area contributed by atoms with Gasteiger partial charge in [0, 0.05) is 16.1 Å². The summed E-state index contributed by atoms with van der Waals surface area (Å²) in [5.41, 5.74) is 7.13. The Morgan fingerprint density at radius 1 is 1.11 bits per heavy atom. The molecule has 0 amide bonds. The van der Waals surface area contributed by atoms with E-state index in [-0.39, 0.29) is 0 Å². The van der Waals surface area contributed by atoms with Crippen molar-refractivity contribution in [3.63, 3.8) is 0 Å². The van der Waals surface area contributed by atoms with Crippen molar-refractivity contribution in [2.24, 2.45) is 0 Å². The van der Waals surface area contributed by atoms with Gasteiger partial charge in [0.1, 0.15) is 18.2 Å². The molecule has 0 aromatic heterocycles. The number of ether oxygens (including phenoxy) is 1. The van der Waals surface area contributed by atoms with E-state index in [1.807, 2.05) is 24.3 Å². The van der Waals surface area contributed by atoms with Crippen LogP contribution in [0.1, 0.15) is 5.56 Å². The number of nitrogen functional groups attached to an aromatic ring is 1. The number of hydrogen-bond acceptors (Lipinski definition) is 2. The molecule has 2 aromatic rings. The normalized spacial score (nSPS) is 10.4. The number of hydrogen-bond donors (Lipinski definition) is 1. The summed E-state index contributed by atoms with van der Waals surface area (Å²) in [6, 6.07) is 10.4. The minimum Gasteiger partial charge on any atom is -0.487 e. The van der Waals surface area contributed by atoms with Gasteiger partial charge in [0.05, 0.1) is 10.2 Å². The van der Waals surface area contributed by atoms with E-state index in [2.05, 4.69) is 31.9 Å². The average Bonchev–Trinajstić information content (AvgIpc) is 2.34. The first-order chi connectivity index (χ1) is 8.58. The van der Waals surface area contributed by atoms with Crippen molar-refractivity contribution in [2.75, 3.05) is 5.73 Å². The van der Waals surface area contributed by atoms with E-state index >= 15 is 0 Å². The third-order valence-corrected chi connectivity index (χ3v) is 3.78. The first-order valence-electron chi connectivity index (χ1n) is 5.18. The first kappa shape index (κ1) is 13.4. The molecule has 0 aliphatic carbocycles. The van der Waals surface area contributed by atoms with Gasteiger partial charge >= 0.3 is 0 Å².